The lowest BCUT2D eigenvalue weighted by Gasteiger charge is -2.22. The number of hydrogen-bond donors (Lipinski definition) is 3. The fourth-order valence-electron chi connectivity index (χ4n) is 2.92. The van der Waals surface area contributed by atoms with Crippen molar-refractivity contribution < 1.29 is 14.5 Å². The van der Waals surface area contributed by atoms with Crippen molar-refractivity contribution in [2.24, 2.45) is 0 Å². The van der Waals surface area contributed by atoms with Crippen molar-refractivity contribution in [2.75, 3.05) is 5.32 Å². The van der Waals surface area contributed by atoms with Crippen LogP contribution in [0, 0.1) is 10.1 Å². The summed E-state index contributed by atoms with van der Waals surface area (Å²) in [6.45, 7) is 1.67. The average molecular weight is 413 g/mol. The van der Waals surface area contributed by atoms with Gasteiger partial charge in [-0.05, 0) is 49.7 Å². The average Bonchev–Trinajstić information content (AvgIpc) is 2.91. The Morgan fingerprint density at radius 1 is 1.17 bits per heavy atom. The predicted molar refractivity (Wildman–Crippen MR) is 111 cm³/mol. The van der Waals surface area contributed by atoms with Crippen LogP contribution in [0.2, 0.25) is 0 Å². The van der Waals surface area contributed by atoms with Crippen molar-refractivity contribution in [3.05, 3.63) is 70.3 Å². The van der Waals surface area contributed by atoms with E-state index in [1.54, 1.807) is 6.92 Å². The first kappa shape index (κ1) is 20.2. The number of imide groups is 1. The second kappa shape index (κ2) is 8.23. The molecule has 0 saturated carbocycles. The zero-order chi connectivity index (χ0) is 21.0. The number of urea groups is 1. The van der Waals surface area contributed by atoms with Crippen LogP contribution in [0.25, 0.3) is 0 Å². The number of thiocarbonyl (C=S) groups is 1. The Kier molecular flexibility index (Phi) is 5.74. The van der Waals surface area contributed by atoms with Crippen LogP contribution >= 0.6 is 12.2 Å². The number of hydrogen-bond acceptors (Lipinski definition) is 5. The molecule has 1 aliphatic heterocycles. The van der Waals surface area contributed by atoms with Crippen molar-refractivity contribution in [3.8, 4) is 0 Å². The Labute approximate surface area is 172 Å². The van der Waals surface area contributed by atoms with Crippen molar-refractivity contribution in [1.29, 1.82) is 0 Å². The molecule has 1 aliphatic rings. The van der Waals surface area contributed by atoms with Crippen molar-refractivity contribution in [2.45, 2.75) is 25.3 Å². The maximum Gasteiger partial charge on any atom is 0.344 e. The summed E-state index contributed by atoms with van der Waals surface area (Å²) < 4.78 is 0. The minimum absolute atomic E-state index is 0.00895. The van der Waals surface area contributed by atoms with Gasteiger partial charge < -0.3 is 10.6 Å². The molecule has 29 heavy (non-hydrogen) atoms. The second-order valence-electron chi connectivity index (χ2n) is 6.76. The largest absolute Gasteiger partial charge is 0.344 e. The summed E-state index contributed by atoms with van der Waals surface area (Å²) in [5, 5.41) is 17.0. The fraction of sp³-hybridized carbons (Fsp3) is 0.211. The minimum Gasteiger partial charge on any atom is -0.331 e. The van der Waals surface area contributed by atoms with Gasteiger partial charge in [0.15, 0.2) is 5.11 Å². The molecule has 9 nitrogen and oxygen atoms in total. The standard InChI is InChI=1S/C19H19N5O4S/c1-19(12-11-13-5-3-2-4-6-13)16(25)23(18(26)21-19)22-17(29)20-14-7-9-15(10-8-14)24(27)28/h2-10H,11-12H2,1H3,(H,21,26)(H2,20,22,29)/t19-/m0/s1. The number of benzene rings is 2. The van der Waals surface area contributed by atoms with Crippen LogP contribution in [0.15, 0.2) is 54.6 Å². The molecule has 3 N–H and O–H groups in total. The van der Waals surface area contributed by atoms with E-state index in [1.165, 1.54) is 24.3 Å². The molecule has 0 aromatic heterocycles. The molecule has 10 heteroatoms. The van der Waals surface area contributed by atoms with Crippen LogP contribution in [0.4, 0.5) is 16.2 Å². The van der Waals surface area contributed by atoms with E-state index < -0.39 is 22.4 Å². The van der Waals surface area contributed by atoms with Crippen LogP contribution in [-0.4, -0.2) is 32.5 Å². The first-order chi connectivity index (χ1) is 13.8. The highest BCUT2D eigenvalue weighted by Gasteiger charge is 2.48. The van der Waals surface area contributed by atoms with Crippen LogP contribution in [0.3, 0.4) is 0 Å². The lowest BCUT2D eigenvalue weighted by atomic mass is 9.93. The highest BCUT2D eigenvalue weighted by molar-refractivity contribution is 7.80. The summed E-state index contributed by atoms with van der Waals surface area (Å²) in [6.07, 6.45) is 1.06. The lowest BCUT2D eigenvalue weighted by Crippen LogP contribution is -2.50. The SMILES string of the molecule is C[C@@]1(CCc2ccccc2)NC(=O)N(NC(=S)Nc2ccc([N+](=O)[O-])cc2)C1=O. The van der Waals surface area contributed by atoms with Gasteiger partial charge in [-0.1, -0.05) is 30.3 Å². The minimum atomic E-state index is -1.05. The van der Waals surface area contributed by atoms with Gasteiger partial charge in [0, 0.05) is 17.8 Å². The fourth-order valence-corrected chi connectivity index (χ4v) is 3.13. The van der Waals surface area contributed by atoms with Gasteiger partial charge in [0.05, 0.1) is 4.92 Å². The number of amides is 3. The number of nitrogens with zero attached hydrogens (tertiary/aromatic N) is 2. The Hall–Kier alpha value is -3.53. The van der Waals surface area contributed by atoms with Crippen LogP contribution in [0.1, 0.15) is 18.9 Å². The van der Waals surface area contributed by atoms with Crippen LogP contribution in [0.5, 0.6) is 0 Å². The molecule has 2 aromatic carbocycles. The van der Waals surface area contributed by atoms with Crippen molar-refractivity contribution in [3.63, 3.8) is 0 Å². The summed E-state index contributed by atoms with van der Waals surface area (Å²) >= 11 is 5.15. The molecule has 3 rings (SSSR count). The number of nitro groups is 1. The Morgan fingerprint density at radius 3 is 2.45 bits per heavy atom. The number of anilines is 1. The molecular formula is C19H19N5O4S. The third-order valence-corrected chi connectivity index (χ3v) is 4.76. The third kappa shape index (κ3) is 4.66. The van der Waals surface area contributed by atoms with Crippen LogP contribution < -0.4 is 16.1 Å². The maximum absolute atomic E-state index is 12.8. The molecule has 2 aromatic rings. The number of aryl methyl sites for hydroxylation is 1. The highest BCUT2D eigenvalue weighted by atomic mass is 32.1. The van der Waals surface area contributed by atoms with Gasteiger partial charge in [-0.2, -0.15) is 5.01 Å². The van der Waals surface area contributed by atoms with E-state index in [2.05, 4.69) is 16.1 Å². The number of nitrogens with one attached hydrogen (secondary N) is 3. The smallest absolute Gasteiger partial charge is 0.331 e. The highest BCUT2D eigenvalue weighted by Crippen LogP contribution is 2.22. The predicted octanol–water partition coefficient (Wildman–Crippen LogP) is 2.74. The molecule has 0 bridgehead atoms. The lowest BCUT2D eigenvalue weighted by molar-refractivity contribution is -0.384. The molecule has 1 atom stereocenters. The summed E-state index contributed by atoms with van der Waals surface area (Å²) in [7, 11) is 0. The quantitative estimate of drug-likeness (QED) is 0.288. The van der Waals surface area contributed by atoms with Gasteiger partial charge >= 0.3 is 6.03 Å². The molecule has 0 unspecified atom stereocenters. The molecule has 0 radical (unpaired) electrons. The first-order valence-corrected chi connectivity index (χ1v) is 9.22. The third-order valence-electron chi connectivity index (χ3n) is 4.57. The van der Waals surface area contributed by atoms with Crippen molar-refractivity contribution >= 4 is 40.6 Å². The number of hydrazine groups is 1. The van der Waals surface area contributed by atoms with E-state index in [0.717, 1.165) is 10.6 Å². The molecule has 150 valence electrons. The number of carbonyl (C=O) groups is 2. The second-order valence-corrected chi connectivity index (χ2v) is 7.17. The van der Waals surface area contributed by atoms with Gasteiger partial charge in [-0.3, -0.25) is 20.3 Å². The Morgan fingerprint density at radius 2 is 1.83 bits per heavy atom. The zero-order valence-electron chi connectivity index (χ0n) is 15.5. The van der Waals surface area contributed by atoms with Gasteiger partial charge in [-0.15, -0.1) is 0 Å². The monoisotopic (exact) mass is 413 g/mol. The Balaban J connectivity index is 1.60. The molecule has 1 saturated heterocycles. The topological polar surface area (TPSA) is 117 Å². The summed E-state index contributed by atoms with van der Waals surface area (Å²) in [4.78, 5) is 35.3. The van der Waals surface area contributed by atoms with Gasteiger partial charge in [0.25, 0.3) is 11.6 Å². The summed E-state index contributed by atoms with van der Waals surface area (Å²) in [6, 6.07) is 14.7. The van der Waals surface area contributed by atoms with E-state index in [-0.39, 0.29) is 10.8 Å². The Bertz CT molecular complexity index is 951. The normalized spacial score (nSPS) is 18.3. The molecular weight excluding hydrogens is 394 g/mol. The van der Waals surface area contributed by atoms with E-state index in [1.807, 2.05) is 30.3 Å². The number of non-ortho nitro benzene ring substituents is 1. The molecule has 0 spiro atoms. The zero-order valence-corrected chi connectivity index (χ0v) is 16.4. The molecule has 1 fully saturated rings. The van der Waals surface area contributed by atoms with Gasteiger partial charge in [-0.25, -0.2) is 4.79 Å². The van der Waals surface area contributed by atoms with E-state index in [4.69, 9.17) is 12.2 Å². The van der Waals surface area contributed by atoms with Gasteiger partial charge in [0.1, 0.15) is 5.54 Å². The molecule has 0 aliphatic carbocycles. The maximum atomic E-state index is 12.8. The summed E-state index contributed by atoms with van der Waals surface area (Å²) in [5.74, 6) is -0.439. The molecule has 1 heterocycles. The number of carbonyl (C=O) groups excluding carboxylic acids is 2. The van der Waals surface area contributed by atoms with E-state index in [9.17, 15) is 19.7 Å². The van der Waals surface area contributed by atoms with Crippen LogP contribution in [-0.2, 0) is 11.2 Å². The van der Waals surface area contributed by atoms with Gasteiger partial charge in [0.2, 0.25) is 0 Å². The van der Waals surface area contributed by atoms with Crippen molar-refractivity contribution in [1.82, 2.24) is 15.8 Å². The summed E-state index contributed by atoms with van der Waals surface area (Å²) in [5.41, 5.74) is 3.01. The first-order valence-electron chi connectivity index (χ1n) is 8.81. The van der Waals surface area contributed by atoms with E-state index >= 15 is 0 Å². The molecule has 3 amide bonds. The number of nitro benzene ring substituents is 1. The van der Waals surface area contributed by atoms with E-state index in [0.29, 0.717) is 18.5 Å². The number of rotatable bonds is 6.